The second-order valence-corrected chi connectivity index (χ2v) is 9.78. The van der Waals surface area contributed by atoms with Crippen LogP contribution in [0.4, 0.5) is 11.4 Å². The molecular formula is C23H30N4O7S. The molecule has 1 saturated heterocycles. The van der Waals surface area contributed by atoms with E-state index in [-0.39, 0.29) is 27.9 Å². The van der Waals surface area contributed by atoms with Crippen LogP contribution in [0.1, 0.15) is 23.2 Å². The van der Waals surface area contributed by atoms with E-state index in [0.717, 1.165) is 38.5 Å². The van der Waals surface area contributed by atoms with Crippen LogP contribution in [-0.4, -0.2) is 76.8 Å². The monoisotopic (exact) mass is 506 g/mol. The summed E-state index contributed by atoms with van der Waals surface area (Å²) in [4.78, 5) is 25.2. The molecule has 35 heavy (non-hydrogen) atoms. The summed E-state index contributed by atoms with van der Waals surface area (Å²) in [7, 11) is -2.67. The number of amides is 1. The van der Waals surface area contributed by atoms with Crippen molar-refractivity contribution in [2.45, 2.75) is 23.8 Å². The van der Waals surface area contributed by atoms with E-state index in [2.05, 4.69) is 10.2 Å². The third-order valence-corrected chi connectivity index (χ3v) is 7.00. The fourth-order valence-corrected chi connectivity index (χ4v) is 4.73. The second kappa shape index (κ2) is 12.6. The number of methoxy groups -OCH3 is 1. The minimum Gasteiger partial charge on any atom is -0.382 e. The van der Waals surface area contributed by atoms with Crippen LogP contribution < -0.4 is 10.0 Å². The fraction of sp³-hybridized carbons (Fsp3) is 0.435. The van der Waals surface area contributed by atoms with E-state index in [9.17, 15) is 23.3 Å². The first-order valence-electron chi connectivity index (χ1n) is 11.3. The Morgan fingerprint density at radius 2 is 1.83 bits per heavy atom. The highest BCUT2D eigenvalue weighted by Gasteiger charge is 2.26. The first-order chi connectivity index (χ1) is 16.8. The SMILES string of the molecule is COCCOCCN1CCC(Nc2ccc(S(=O)(=O)NC(=O)c3ccccc3)cc2[N+](=O)[O-])CC1. The Morgan fingerprint density at radius 1 is 1.11 bits per heavy atom. The summed E-state index contributed by atoms with van der Waals surface area (Å²) >= 11 is 0. The number of piperidine rings is 1. The van der Waals surface area contributed by atoms with Gasteiger partial charge in [-0.25, -0.2) is 13.1 Å². The molecular weight excluding hydrogens is 476 g/mol. The second-order valence-electron chi connectivity index (χ2n) is 8.10. The van der Waals surface area contributed by atoms with Crippen molar-refractivity contribution in [2.75, 3.05) is 51.9 Å². The minimum atomic E-state index is -4.29. The molecule has 190 valence electrons. The standard InChI is InChI=1S/C23H30N4O7S/c1-33-15-16-34-14-13-26-11-9-19(10-12-26)24-21-8-7-20(17-22(21)27(29)30)35(31,32)25-23(28)18-5-3-2-4-6-18/h2-8,17,19,24H,9-16H2,1H3,(H,25,28). The summed E-state index contributed by atoms with van der Waals surface area (Å²) < 4.78 is 37.7. The zero-order valence-corrected chi connectivity index (χ0v) is 20.3. The van der Waals surface area contributed by atoms with Crippen molar-refractivity contribution in [3.63, 3.8) is 0 Å². The zero-order chi connectivity index (χ0) is 25.3. The molecule has 0 bridgehead atoms. The number of nitro groups is 1. The van der Waals surface area contributed by atoms with Gasteiger partial charge in [0.25, 0.3) is 21.6 Å². The van der Waals surface area contributed by atoms with Gasteiger partial charge in [0.1, 0.15) is 5.69 Å². The number of nitrogens with zero attached hydrogens (tertiary/aromatic N) is 2. The number of ether oxygens (including phenoxy) is 2. The van der Waals surface area contributed by atoms with Gasteiger partial charge in [0.15, 0.2) is 0 Å². The molecule has 0 unspecified atom stereocenters. The Labute approximate surface area is 204 Å². The molecule has 1 heterocycles. The molecule has 0 saturated carbocycles. The Kier molecular flexibility index (Phi) is 9.55. The highest BCUT2D eigenvalue weighted by molar-refractivity contribution is 7.90. The van der Waals surface area contributed by atoms with Crippen LogP contribution in [0.2, 0.25) is 0 Å². The van der Waals surface area contributed by atoms with Crippen LogP contribution in [0.15, 0.2) is 53.4 Å². The number of carbonyl (C=O) groups is 1. The summed E-state index contributed by atoms with van der Waals surface area (Å²) in [6.45, 7) is 4.17. The average molecular weight is 507 g/mol. The number of sulfonamides is 1. The van der Waals surface area contributed by atoms with E-state index >= 15 is 0 Å². The lowest BCUT2D eigenvalue weighted by atomic mass is 10.0. The average Bonchev–Trinajstić information content (AvgIpc) is 2.85. The van der Waals surface area contributed by atoms with Crippen molar-refractivity contribution < 1.29 is 27.6 Å². The largest absolute Gasteiger partial charge is 0.382 e. The summed E-state index contributed by atoms with van der Waals surface area (Å²) in [5.41, 5.74) is 0.0374. The van der Waals surface area contributed by atoms with Crippen molar-refractivity contribution in [3.05, 3.63) is 64.2 Å². The lowest BCUT2D eigenvalue weighted by Crippen LogP contribution is -2.40. The maximum absolute atomic E-state index is 12.7. The Morgan fingerprint density at radius 3 is 2.49 bits per heavy atom. The number of anilines is 1. The maximum Gasteiger partial charge on any atom is 0.293 e. The molecule has 1 aliphatic heterocycles. The van der Waals surface area contributed by atoms with E-state index in [1.807, 2.05) is 4.72 Å². The zero-order valence-electron chi connectivity index (χ0n) is 19.5. The lowest BCUT2D eigenvalue weighted by molar-refractivity contribution is -0.384. The molecule has 2 aromatic carbocycles. The lowest BCUT2D eigenvalue weighted by Gasteiger charge is -2.32. The van der Waals surface area contributed by atoms with Crippen molar-refractivity contribution in [1.29, 1.82) is 0 Å². The quantitative estimate of drug-likeness (QED) is 0.252. The van der Waals surface area contributed by atoms with Gasteiger partial charge >= 0.3 is 0 Å². The van der Waals surface area contributed by atoms with Crippen LogP contribution in [0, 0.1) is 10.1 Å². The smallest absolute Gasteiger partial charge is 0.293 e. The normalized spacial score (nSPS) is 15.0. The molecule has 11 nitrogen and oxygen atoms in total. The van der Waals surface area contributed by atoms with Gasteiger partial charge in [-0.1, -0.05) is 18.2 Å². The third-order valence-electron chi connectivity index (χ3n) is 5.67. The van der Waals surface area contributed by atoms with Crippen LogP contribution in [0.3, 0.4) is 0 Å². The summed E-state index contributed by atoms with van der Waals surface area (Å²) in [6.07, 6.45) is 1.56. The molecule has 3 rings (SSSR count). The molecule has 0 atom stereocenters. The predicted molar refractivity (Wildman–Crippen MR) is 130 cm³/mol. The molecule has 0 radical (unpaired) electrons. The van der Waals surface area contributed by atoms with Crippen LogP contribution in [-0.2, 0) is 19.5 Å². The third kappa shape index (κ3) is 7.72. The Hall–Kier alpha value is -3.06. The molecule has 2 aromatic rings. The van der Waals surface area contributed by atoms with E-state index in [4.69, 9.17) is 9.47 Å². The Bertz CT molecular complexity index is 1100. The van der Waals surface area contributed by atoms with Crippen LogP contribution >= 0.6 is 0 Å². The maximum atomic E-state index is 12.7. The molecule has 1 fully saturated rings. The van der Waals surface area contributed by atoms with E-state index in [1.165, 1.54) is 24.3 Å². The van der Waals surface area contributed by atoms with Gasteiger partial charge in [-0.15, -0.1) is 0 Å². The molecule has 0 spiro atoms. The number of hydrogen-bond acceptors (Lipinski definition) is 9. The number of hydrogen-bond donors (Lipinski definition) is 2. The molecule has 1 amide bonds. The fourth-order valence-electron chi connectivity index (χ4n) is 3.74. The van der Waals surface area contributed by atoms with Gasteiger partial charge in [0.05, 0.1) is 29.6 Å². The van der Waals surface area contributed by atoms with Crippen molar-refractivity contribution in [3.8, 4) is 0 Å². The summed E-state index contributed by atoms with van der Waals surface area (Å²) in [6, 6.07) is 11.5. The summed E-state index contributed by atoms with van der Waals surface area (Å²) in [5.74, 6) is -0.814. The van der Waals surface area contributed by atoms with Crippen LogP contribution in [0.25, 0.3) is 0 Å². The van der Waals surface area contributed by atoms with Crippen molar-refractivity contribution in [1.82, 2.24) is 9.62 Å². The number of carbonyl (C=O) groups excluding carboxylic acids is 1. The van der Waals surface area contributed by atoms with Gasteiger partial charge in [-0.05, 0) is 37.1 Å². The highest BCUT2D eigenvalue weighted by Crippen LogP contribution is 2.29. The first kappa shape index (κ1) is 26.5. The summed E-state index contributed by atoms with van der Waals surface area (Å²) in [5, 5.41) is 14.9. The minimum absolute atomic E-state index is 0.0135. The number of rotatable bonds is 12. The Balaban J connectivity index is 1.61. The van der Waals surface area contributed by atoms with Crippen molar-refractivity contribution >= 4 is 27.3 Å². The van der Waals surface area contributed by atoms with Crippen molar-refractivity contribution in [2.24, 2.45) is 0 Å². The van der Waals surface area contributed by atoms with Gasteiger partial charge in [-0.2, -0.15) is 0 Å². The number of nitrogens with one attached hydrogen (secondary N) is 2. The number of likely N-dealkylation sites (tertiary alicyclic amines) is 1. The van der Waals surface area contributed by atoms with Gasteiger partial charge in [0.2, 0.25) is 0 Å². The van der Waals surface area contributed by atoms with E-state index in [0.29, 0.717) is 19.8 Å². The molecule has 12 heteroatoms. The molecule has 2 N–H and O–H groups in total. The van der Waals surface area contributed by atoms with Gasteiger partial charge < -0.3 is 19.7 Å². The van der Waals surface area contributed by atoms with Crippen LogP contribution in [0.5, 0.6) is 0 Å². The molecule has 0 aliphatic carbocycles. The molecule has 1 aliphatic rings. The number of benzene rings is 2. The molecule has 0 aromatic heterocycles. The highest BCUT2D eigenvalue weighted by atomic mass is 32.2. The van der Waals surface area contributed by atoms with Gasteiger partial charge in [0, 0.05) is 44.4 Å². The van der Waals surface area contributed by atoms with E-state index in [1.54, 1.807) is 25.3 Å². The topological polar surface area (TPSA) is 140 Å². The predicted octanol–water partition coefficient (Wildman–Crippen LogP) is 2.25. The first-order valence-corrected chi connectivity index (χ1v) is 12.7. The van der Waals surface area contributed by atoms with Gasteiger partial charge in [-0.3, -0.25) is 14.9 Å². The van der Waals surface area contributed by atoms with E-state index < -0.39 is 20.9 Å². The number of nitro benzene ring substituents is 1.